The van der Waals surface area contributed by atoms with Gasteiger partial charge in [0.25, 0.3) is 0 Å². The number of rotatable bonds is 2. The summed E-state index contributed by atoms with van der Waals surface area (Å²) in [7, 11) is 0. The lowest BCUT2D eigenvalue weighted by Gasteiger charge is -2.39. The van der Waals surface area contributed by atoms with Crippen LogP contribution in [0.5, 0.6) is 0 Å². The van der Waals surface area contributed by atoms with E-state index >= 15 is 0 Å². The monoisotopic (exact) mass is 198 g/mol. The van der Waals surface area contributed by atoms with E-state index in [0.717, 1.165) is 25.7 Å². The van der Waals surface area contributed by atoms with E-state index in [1.807, 2.05) is 0 Å². The summed E-state index contributed by atoms with van der Waals surface area (Å²) in [6, 6.07) is 0.645. The largest absolute Gasteiger partial charge is 0.379 e. The van der Waals surface area contributed by atoms with Gasteiger partial charge in [-0.15, -0.1) is 0 Å². The lowest BCUT2D eigenvalue weighted by Crippen LogP contribution is -2.53. The maximum Gasteiger partial charge on any atom is 0.0625 e. The van der Waals surface area contributed by atoms with E-state index in [2.05, 4.69) is 18.7 Å². The number of ether oxygens (including phenoxy) is 1. The molecule has 2 saturated heterocycles. The lowest BCUT2D eigenvalue weighted by molar-refractivity contribution is 0.0970. The minimum Gasteiger partial charge on any atom is -0.379 e. The number of fused-ring (bicyclic) bond motifs is 1. The molecular formula is C11H22N2O. The Morgan fingerprint density at radius 2 is 2.21 bits per heavy atom. The topological polar surface area (TPSA) is 38.5 Å². The molecule has 0 radical (unpaired) electrons. The molecule has 2 atom stereocenters. The molecular weight excluding hydrogens is 176 g/mol. The molecule has 2 aliphatic rings. The van der Waals surface area contributed by atoms with Crippen LogP contribution < -0.4 is 5.73 Å². The molecule has 0 aromatic carbocycles. The Balaban J connectivity index is 1.97. The van der Waals surface area contributed by atoms with Gasteiger partial charge in [0.2, 0.25) is 0 Å². The summed E-state index contributed by atoms with van der Waals surface area (Å²) < 4.78 is 5.55. The van der Waals surface area contributed by atoms with Crippen molar-refractivity contribution in [2.75, 3.05) is 26.3 Å². The van der Waals surface area contributed by atoms with Gasteiger partial charge in [-0.05, 0) is 33.2 Å². The van der Waals surface area contributed by atoms with Crippen molar-refractivity contribution in [1.82, 2.24) is 4.90 Å². The highest BCUT2D eigenvalue weighted by molar-refractivity contribution is 4.91. The Morgan fingerprint density at radius 3 is 2.93 bits per heavy atom. The molecule has 0 aromatic heterocycles. The van der Waals surface area contributed by atoms with Gasteiger partial charge < -0.3 is 10.5 Å². The summed E-state index contributed by atoms with van der Waals surface area (Å²) >= 11 is 0. The van der Waals surface area contributed by atoms with E-state index in [4.69, 9.17) is 10.5 Å². The Morgan fingerprint density at radius 1 is 1.43 bits per heavy atom. The minimum atomic E-state index is -0.0789. The first-order valence-electron chi connectivity index (χ1n) is 5.67. The number of likely N-dealkylation sites (tertiary alicyclic amines) is 1. The van der Waals surface area contributed by atoms with Crippen LogP contribution in [-0.4, -0.2) is 42.8 Å². The second-order valence-corrected chi connectivity index (χ2v) is 5.47. The molecule has 0 spiro atoms. The second-order valence-electron chi connectivity index (χ2n) is 5.47. The molecule has 2 rings (SSSR count). The van der Waals surface area contributed by atoms with Crippen molar-refractivity contribution in [3.8, 4) is 0 Å². The Labute approximate surface area is 86.6 Å². The average Bonchev–Trinajstić information content (AvgIpc) is 2.49. The zero-order chi connectivity index (χ0) is 10.2. The maximum absolute atomic E-state index is 6.07. The summed E-state index contributed by atoms with van der Waals surface area (Å²) in [5.41, 5.74) is 5.99. The second kappa shape index (κ2) is 3.80. The average molecular weight is 198 g/mol. The van der Waals surface area contributed by atoms with E-state index in [1.54, 1.807) is 0 Å². The van der Waals surface area contributed by atoms with E-state index in [0.29, 0.717) is 6.04 Å². The van der Waals surface area contributed by atoms with E-state index in [-0.39, 0.29) is 5.54 Å². The molecule has 0 aromatic rings. The summed E-state index contributed by atoms with van der Waals surface area (Å²) in [5, 5.41) is 0. The van der Waals surface area contributed by atoms with E-state index < -0.39 is 0 Å². The molecule has 0 unspecified atom stereocenters. The smallest absolute Gasteiger partial charge is 0.0625 e. The number of nitrogens with zero attached hydrogens (tertiary/aromatic N) is 1. The van der Waals surface area contributed by atoms with Gasteiger partial charge in [0.05, 0.1) is 13.2 Å². The van der Waals surface area contributed by atoms with Gasteiger partial charge in [0.1, 0.15) is 0 Å². The molecule has 14 heavy (non-hydrogen) atoms. The molecule has 0 aliphatic carbocycles. The zero-order valence-corrected chi connectivity index (χ0v) is 9.33. The third kappa shape index (κ3) is 2.27. The van der Waals surface area contributed by atoms with E-state index in [1.165, 1.54) is 19.4 Å². The van der Waals surface area contributed by atoms with Crippen LogP contribution in [0.15, 0.2) is 0 Å². The summed E-state index contributed by atoms with van der Waals surface area (Å²) in [6.07, 6.45) is 2.65. The van der Waals surface area contributed by atoms with Crippen LogP contribution in [0, 0.1) is 5.92 Å². The lowest BCUT2D eigenvalue weighted by atomic mass is 9.90. The third-order valence-electron chi connectivity index (χ3n) is 3.26. The molecule has 82 valence electrons. The number of piperidine rings is 1. The first kappa shape index (κ1) is 10.4. The predicted molar refractivity (Wildman–Crippen MR) is 57.2 cm³/mol. The fourth-order valence-corrected chi connectivity index (χ4v) is 2.71. The standard InChI is InChI=1S/C11H22N2O/c1-11(2,12)8-13-5-3-4-9-6-14-7-10(9)13/h9-10H,3-8,12H2,1-2H3/t9-,10+/m0/s1. The van der Waals surface area contributed by atoms with Crippen molar-refractivity contribution in [3.05, 3.63) is 0 Å². The van der Waals surface area contributed by atoms with Crippen LogP contribution in [0.4, 0.5) is 0 Å². The SMILES string of the molecule is CC(C)(N)CN1CCC[C@H]2COC[C@H]21. The van der Waals surface area contributed by atoms with Crippen LogP contribution in [0.2, 0.25) is 0 Å². The van der Waals surface area contributed by atoms with Crippen molar-refractivity contribution in [1.29, 1.82) is 0 Å². The molecule has 3 heteroatoms. The zero-order valence-electron chi connectivity index (χ0n) is 9.33. The van der Waals surface area contributed by atoms with Gasteiger partial charge in [-0.25, -0.2) is 0 Å². The molecule has 0 bridgehead atoms. The number of nitrogens with two attached hydrogens (primary N) is 1. The summed E-state index contributed by atoms with van der Waals surface area (Å²) in [5.74, 6) is 0.770. The van der Waals surface area contributed by atoms with Gasteiger partial charge in [-0.2, -0.15) is 0 Å². The molecule has 2 fully saturated rings. The van der Waals surface area contributed by atoms with Gasteiger partial charge in [0.15, 0.2) is 0 Å². The Bertz CT molecular complexity index is 200. The molecule has 3 nitrogen and oxygen atoms in total. The highest BCUT2D eigenvalue weighted by Crippen LogP contribution is 2.29. The highest BCUT2D eigenvalue weighted by Gasteiger charge is 2.37. The summed E-state index contributed by atoms with van der Waals surface area (Å²) in [6.45, 7) is 8.29. The first-order chi connectivity index (χ1) is 6.56. The van der Waals surface area contributed by atoms with Gasteiger partial charge in [-0.3, -0.25) is 4.90 Å². The van der Waals surface area contributed by atoms with Crippen LogP contribution in [0.25, 0.3) is 0 Å². The normalized spacial score (nSPS) is 34.5. The van der Waals surface area contributed by atoms with Crippen LogP contribution >= 0.6 is 0 Å². The Kier molecular flexibility index (Phi) is 2.82. The Hall–Kier alpha value is -0.120. The van der Waals surface area contributed by atoms with Crippen molar-refractivity contribution < 1.29 is 4.74 Å². The van der Waals surface area contributed by atoms with Crippen LogP contribution in [-0.2, 0) is 4.74 Å². The quantitative estimate of drug-likeness (QED) is 0.714. The van der Waals surface area contributed by atoms with E-state index in [9.17, 15) is 0 Å². The van der Waals surface area contributed by atoms with Crippen LogP contribution in [0.3, 0.4) is 0 Å². The maximum atomic E-state index is 6.07. The van der Waals surface area contributed by atoms with Crippen molar-refractivity contribution in [2.45, 2.75) is 38.3 Å². The molecule has 2 aliphatic heterocycles. The van der Waals surface area contributed by atoms with Gasteiger partial charge in [-0.1, -0.05) is 0 Å². The molecule has 2 N–H and O–H groups in total. The van der Waals surface area contributed by atoms with Crippen LogP contribution in [0.1, 0.15) is 26.7 Å². The highest BCUT2D eigenvalue weighted by atomic mass is 16.5. The first-order valence-corrected chi connectivity index (χ1v) is 5.67. The van der Waals surface area contributed by atoms with Crippen molar-refractivity contribution in [3.63, 3.8) is 0 Å². The predicted octanol–water partition coefficient (Wildman–Crippen LogP) is 0.834. The molecule has 2 heterocycles. The van der Waals surface area contributed by atoms with Gasteiger partial charge >= 0.3 is 0 Å². The molecule has 0 amide bonds. The van der Waals surface area contributed by atoms with Gasteiger partial charge in [0, 0.05) is 24.0 Å². The third-order valence-corrected chi connectivity index (χ3v) is 3.26. The minimum absolute atomic E-state index is 0.0789. The van der Waals surface area contributed by atoms with Crippen molar-refractivity contribution >= 4 is 0 Å². The number of hydrogen-bond donors (Lipinski definition) is 1. The number of hydrogen-bond acceptors (Lipinski definition) is 3. The van der Waals surface area contributed by atoms with Crippen molar-refractivity contribution in [2.24, 2.45) is 11.7 Å². The fourth-order valence-electron chi connectivity index (χ4n) is 2.71. The molecule has 0 saturated carbocycles. The fraction of sp³-hybridized carbons (Fsp3) is 1.00. The summed E-state index contributed by atoms with van der Waals surface area (Å²) in [4.78, 5) is 2.53.